The zero-order valence-corrected chi connectivity index (χ0v) is 21.5. The molecule has 1 N–H and O–H groups in total. The van der Waals surface area contributed by atoms with Crippen LogP contribution in [0.25, 0.3) is 0 Å². The quantitative estimate of drug-likeness (QED) is 0.360. The number of allylic oxidation sites excluding steroid dienone is 1. The van der Waals surface area contributed by atoms with Crippen LogP contribution in [0.4, 0.5) is 5.82 Å². The first-order valence-electron chi connectivity index (χ1n) is 12.1. The summed E-state index contributed by atoms with van der Waals surface area (Å²) in [6, 6.07) is 11.0. The highest BCUT2D eigenvalue weighted by atomic mass is 35.5. The summed E-state index contributed by atoms with van der Waals surface area (Å²) in [6.07, 6.45) is 3.60. The number of nitrogens with zero attached hydrogens (tertiary/aromatic N) is 6. The molecular weight excluding hydrogens is 462 g/mol. The number of nitrogens with one attached hydrogen (secondary N) is 1. The van der Waals surface area contributed by atoms with Gasteiger partial charge in [-0.25, -0.2) is 15.4 Å². The maximum Gasteiger partial charge on any atom is 0.284 e. The van der Waals surface area contributed by atoms with Crippen LogP contribution in [-0.4, -0.2) is 65.1 Å². The smallest absolute Gasteiger partial charge is 0.284 e. The van der Waals surface area contributed by atoms with E-state index in [4.69, 9.17) is 16.6 Å². The van der Waals surface area contributed by atoms with Crippen LogP contribution in [-0.2, 0) is 24.3 Å². The number of rotatable bonds is 7. The number of hydrogen-bond acceptors (Lipinski definition) is 7. The van der Waals surface area contributed by atoms with Gasteiger partial charge < -0.3 is 9.80 Å². The van der Waals surface area contributed by atoms with Crippen molar-refractivity contribution in [1.82, 2.24) is 25.2 Å². The van der Waals surface area contributed by atoms with E-state index in [2.05, 4.69) is 81.2 Å². The standard InChI is InChI=1S/C26H34ClN7O/c1-18-10-12-33(14-20-8-6-5-7-9-20)16-23(18)32(4)25-21-11-13-34(15-22(21)29-17-30-25)19(2)24(27)26(35)31-28-3/h5-9,17-18,23H,3,10-16H2,1-2,4H3,(H,31,35)/b24-19-/t18-,23+/m1/s1. The highest BCUT2D eigenvalue weighted by Crippen LogP contribution is 2.32. The largest absolute Gasteiger partial charge is 0.367 e. The summed E-state index contributed by atoms with van der Waals surface area (Å²) < 4.78 is 0. The Labute approximate surface area is 212 Å². The molecule has 3 heterocycles. The number of likely N-dealkylation sites (N-methyl/N-ethyl adjacent to an activating group) is 1. The van der Waals surface area contributed by atoms with Crippen LogP contribution in [0, 0.1) is 5.92 Å². The maximum atomic E-state index is 12.1. The molecule has 0 aliphatic carbocycles. The Bertz CT molecular complexity index is 1090. The minimum Gasteiger partial charge on any atom is -0.367 e. The third kappa shape index (κ3) is 5.65. The van der Waals surface area contributed by atoms with Gasteiger partial charge in [0, 0.05) is 50.7 Å². The van der Waals surface area contributed by atoms with Crippen molar-refractivity contribution in [3.8, 4) is 0 Å². The average molecular weight is 496 g/mol. The molecule has 186 valence electrons. The monoisotopic (exact) mass is 495 g/mol. The van der Waals surface area contributed by atoms with Gasteiger partial charge in [-0.3, -0.25) is 9.69 Å². The summed E-state index contributed by atoms with van der Waals surface area (Å²) in [5.74, 6) is 1.12. The molecule has 0 saturated carbocycles. The number of likely N-dealkylation sites (tertiary alicyclic amines) is 1. The highest BCUT2D eigenvalue weighted by Gasteiger charge is 2.32. The topological polar surface area (TPSA) is 77.0 Å². The Kier molecular flexibility index (Phi) is 8.03. The molecule has 2 aliphatic heterocycles. The van der Waals surface area contributed by atoms with Gasteiger partial charge in [0.15, 0.2) is 0 Å². The molecule has 8 nitrogen and oxygen atoms in total. The number of hydrogen-bond donors (Lipinski definition) is 1. The fourth-order valence-corrected chi connectivity index (χ4v) is 5.27. The van der Waals surface area contributed by atoms with Crippen molar-refractivity contribution in [2.45, 2.75) is 45.8 Å². The van der Waals surface area contributed by atoms with Crippen LogP contribution in [0.2, 0.25) is 0 Å². The van der Waals surface area contributed by atoms with Gasteiger partial charge in [-0.1, -0.05) is 48.9 Å². The van der Waals surface area contributed by atoms with Crippen molar-refractivity contribution >= 4 is 30.0 Å². The predicted octanol–water partition coefficient (Wildman–Crippen LogP) is 3.38. The summed E-state index contributed by atoms with van der Waals surface area (Å²) in [5, 5.41) is 3.53. The molecule has 0 radical (unpaired) electrons. The van der Waals surface area contributed by atoms with Crippen molar-refractivity contribution < 1.29 is 4.79 Å². The van der Waals surface area contributed by atoms with E-state index < -0.39 is 5.91 Å². The van der Waals surface area contributed by atoms with Crippen molar-refractivity contribution in [3.05, 3.63) is 64.2 Å². The van der Waals surface area contributed by atoms with Crippen LogP contribution in [0.15, 0.2) is 52.5 Å². The molecule has 0 bridgehead atoms. The molecule has 1 saturated heterocycles. The van der Waals surface area contributed by atoms with E-state index in [1.807, 2.05) is 6.92 Å². The molecule has 1 aromatic carbocycles. The van der Waals surface area contributed by atoms with Crippen LogP contribution >= 0.6 is 11.6 Å². The number of piperidine rings is 1. The normalized spacial score (nSPS) is 21.1. The first-order chi connectivity index (χ1) is 16.9. The zero-order chi connectivity index (χ0) is 24.9. The molecule has 1 amide bonds. The van der Waals surface area contributed by atoms with E-state index in [0.29, 0.717) is 24.2 Å². The van der Waals surface area contributed by atoms with Gasteiger partial charge in [-0.2, -0.15) is 5.10 Å². The maximum absolute atomic E-state index is 12.1. The van der Waals surface area contributed by atoms with Crippen LogP contribution in [0.1, 0.15) is 37.1 Å². The molecule has 0 unspecified atom stereocenters. The minimum atomic E-state index is -0.459. The molecule has 9 heteroatoms. The second kappa shape index (κ2) is 11.2. The Morgan fingerprint density at radius 2 is 2.06 bits per heavy atom. The van der Waals surface area contributed by atoms with E-state index >= 15 is 0 Å². The Hall–Kier alpha value is -2.97. The Morgan fingerprint density at radius 1 is 1.29 bits per heavy atom. The lowest BCUT2D eigenvalue weighted by Crippen LogP contribution is -2.51. The number of carbonyl (C=O) groups excluding carboxylic acids is 1. The molecule has 0 spiro atoms. The molecule has 35 heavy (non-hydrogen) atoms. The number of benzene rings is 1. The van der Waals surface area contributed by atoms with Crippen molar-refractivity contribution in [3.63, 3.8) is 0 Å². The number of anilines is 1. The highest BCUT2D eigenvalue weighted by molar-refractivity contribution is 6.42. The van der Waals surface area contributed by atoms with E-state index in [-0.39, 0.29) is 5.03 Å². The van der Waals surface area contributed by atoms with Crippen molar-refractivity contribution in [2.24, 2.45) is 11.0 Å². The summed E-state index contributed by atoms with van der Waals surface area (Å²) in [7, 11) is 2.16. The first kappa shape index (κ1) is 25.1. The summed E-state index contributed by atoms with van der Waals surface area (Å²) >= 11 is 6.28. The molecule has 1 aromatic heterocycles. The molecular formula is C26H34ClN7O. The van der Waals surface area contributed by atoms with Crippen LogP contribution < -0.4 is 10.3 Å². The molecule has 2 aromatic rings. The molecule has 2 atom stereocenters. The number of carbonyl (C=O) groups is 1. The fraction of sp³-hybridized carbons (Fsp3) is 0.462. The lowest BCUT2D eigenvalue weighted by Gasteiger charge is -2.43. The molecule has 2 aliphatic rings. The van der Waals surface area contributed by atoms with Gasteiger partial charge in [-0.05, 0) is 37.8 Å². The zero-order valence-electron chi connectivity index (χ0n) is 20.7. The average Bonchev–Trinajstić information content (AvgIpc) is 2.88. The third-order valence-corrected chi connectivity index (χ3v) is 7.68. The third-order valence-electron chi connectivity index (χ3n) is 7.24. The van der Waals surface area contributed by atoms with Gasteiger partial charge >= 0.3 is 0 Å². The lowest BCUT2D eigenvalue weighted by molar-refractivity contribution is -0.117. The van der Waals surface area contributed by atoms with Crippen molar-refractivity contribution in [2.75, 3.05) is 31.6 Å². The lowest BCUT2D eigenvalue weighted by atomic mass is 9.91. The van der Waals surface area contributed by atoms with E-state index in [1.165, 1.54) is 11.1 Å². The van der Waals surface area contributed by atoms with Crippen molar-refractivity contribution in [1.29, 1.82) is 0 Å². The van der Waals surface area contributed by atoms with Gasteiger partial charge in [-0.15, -0.1) is 0 Å². The number of halogens is 1. The van der Waals surface area contributed by atoms with E-state index in [9.17, 15) is 4.79 Å². The van der Waals surface area contributed by atoms with Crippen LogP contribution in [0.3, 0.4) is 0 Å². The van der Waals surface area contributed by atoms with E-state index in [1.54, 1.807) is 6.33 Å². The number of fused-ring (bicyclic) bond motifs is 1. The Balaban J connectivity index is 1.50. The first-order valence-corrected chi connectivity index (χ1v) is 12.5. The van der Waals surface area contributed by atoms with Gasteiger partial charge in [0.1, 0.15) is 17.2 Å². The Morgan fingerprint density at radius 3 is 2.80 bits per heavy atom. The van der Waals surface area contributed by atoms with Gasteiger partial charge in [0.05, 0.1) is 12.2 Å². The number of amides is 1. The second-order valence-corrected chi connectivity index (χ2v) is 9.84. The van der Waals surface area contributed by atoms with Gasteiger partial charge in [0.2, 0.25) is 0 Å². The summed E-state index contributed by atoms with van der Waals surface area (Å²) in [6.45, 7) is 11.9. The molecule has 1 fully saturated rings. The fourth-order valence-electron chi connectivity index (χ4n) is 5.11. The predicted molar refractivity (Wildman–Crippen MR) is 140 cm³/mol. The summed E-state index contributed by atoms with van der Waals surface area (Å²) in [5.41, 5.74) is 6.49. The number of aromatic nitrogens is 2. The molecule has 4 rings (SSSR count). The van der Waals surface area contributed by atoms with Crippen LogP contribution in [0.5, 0.6) is 0 Å². The second-order valence-electron chi connectivity index (χ2n) is 9.46. The SMILES string of the molecule is C=NNC(=O)/C(Cl)=C(\C)N1CCc2c(ncnc2N(C)[C@H]2CN(Cc3ccccc3)CC[C@H]2C)C1. The van der Waals surface area contributed by atoms with E-state index in [0.717, 1.165) is 50.5 Å². The number of hydrazone groups is 1. The minimum absolute atomic E-state index is 0.113. The summed E-state index contributed by atoms with van der Waals surface area (Å²) in [4.78, 5) is 28.4. The van der Waals surface area contributed by atoms with Gasteiger partial charge in [0.25, 0.3) is 5.91 Å².